The van der Waals surface area contributed by atoms with Crippen LogP contribution in [0.5, 0.6) is 0 Å². The molecule has 0 aromatic heterocycles. The summed E-state index contributed by atoms with van der Waals surface area (Å²) in [4.78, 5) is 13.8. The van der Waals surface area contributed by atoms with Crippen LogP contribution in [0.2, 0.25) is 0 Å². The summed E-state index contributed by atoms with van der Waals surface area (Å²) in [6.45, 7) is 12.0. The van der Waals surface area contributed by atoms with Gasteiger partial charge in [0.25, 0.3) is 0 Å². The van der Waals surface area contributed by atoms with Crippen molar-refractivity contribution in [3.05, 3.63) is 0 Å². The van der Waals surface area contributed by atoms with Gasteiger partial charge in [-0.05, 0) is 33.6 Å². The van der Waals surface area contributed by atoms with Crippen molar-refractivity contribution in [2.24, 2.45) is 0 Å². The van der Waals surface area contributed by atoms with E-state index in [1.165, 1.54) is 0 Å². The first-order chi connectivity index (χ1) is 6.90. The predicted octanol–water partition coefficient (Wildman–Crippen LogP) is 3.01. The van der Waals surface area contributed by atoms with E-state index >= 15 is 0 Å². The summed E-state index contributed by atoms with van der Waals surface area (Å²) in [6.07, 6.45) is 3.22. The number of urea groups is 1. The molecule has 0 aliphatic heterocycles. The van der Waals surface area contributed by atoms with Crippen LogP contribution in [-0.4, -0.2) is 29.6 Å². The number of carbonyl (C=O) groups is 1. The third-order valence-corrected chi connectivity index (χ3v) is 2.04. The minimum atomic E-state index is -0.144. The lowest BCUT2D eigenvalue weighted by Gasteiger charge is -2.28. The van der Waals surface area contributed by atoms with Crippen LogP contribution in [0.3, 0.4) is 0 Å². The fourth-order valence-electron chi connectivity index (χ4n) is 1.33. The van der Waals surface area contributed by atoms with Gasteiger partial charge in [0.15, 0.2) is 0 Å². The Morgan fingerprint density at radius 1 is 1.13 bits per heavy atom. The summed E-state index contributed by atoms with van der Waals surface area (Å²) in [5, 5.41) is 3.00. The lowest BCUT2D eigenvalue weighted by molar-refractivity contribution is 0.187. The molecule has 0 aromatic carbocycles. The zero-order valence-corrected chi connectivity index (χ0v) is 10.9. The third kappa shape index (κ3) is 7.23. The maximum Gasteiger partial charge on any atom is 0.317 e. The Balaban J connectivity index is 4.15. The molecule has 0 unspecified atom stereocenters. The molecule has 0 spiro atoms. The first-order valence-corrected chi connectivity index (χ1v) is 5.97. The van der Waals surface area contributed by atoms with Crippen molar-refractivity contribution in [1.82, 2.24) is 10.2 Å². The number of nitrogens with zero attached hydrogens (tertiary/aromatic N) is 1. The first kappa shape index (κ1) is 14.3. The summed E-state index contributed by atoms with van der Waals surface area (Å²) in [5.41, 5.74) is -0.144. The topological polar surface area (TPSA) is 32.3 Å². The molecule has 1 N–H and O–H groups in total. The van der Waals surface area contributed by atoms with Crippen LogP contribution < -0.4 is 5.32 Å². The second kappa shape index (κ2) is 6.70. The van der Waals surface area contributed by atoms with Gasteiger partial charge in [-0.3, -0.25) is 0 Å². The highest BCUT2D eigenvalue weighted by atomic mass is 16.2. The van der Waals surface area contributed by atoms with E-state index in [0.717, 1.165) is 32.4 Å². The van der Waals surface area contributed by atoms with Gasteiger partial charge in [-0.2, -0.15) is 0 Å². The largest absolute Gasteiger partial charge is 0.333 e. The predicted molar refractivity (Wildman–Crippen MR) is 65.1 cm³/mol. The Hall–Kier alpha value is -0.730. The maximum absolute atomic E-state index is 11.9. The molecule has 0 atom stereocenters. The summed E-state index contributed by atoms with van der Waals surface area (Å²) in [6, 6.07) is 0.0674. The fraction of sp³-hybridized carbons (Fsp3) is 0.917. The van der Waals surface area contributed by atoms with Crippen molar-refractivity contribution < 1.29 is 4.79 Å². The Morgan fingerprint density at radius 3 is 2.13 bits per heavy atom. The van der Waals surface area contributed by atoms with Crippen molar-refractivity contribution >= 4 is 6.03 Å². The quantitative estimate of drug-likeness (QED) is 0.749. The van der Waals surface area contributed by atoms with Crippen LogP contribution >= 0.6 is 0 Å². The van der Waals surface area contributed by atoms with Crippen LogP contribution in [0.4, 0.5) is 4.79 Å². The minimum Gasteiger partial charge on any atom is -0.333 e. The SMILES string of the molecule is CCCCN(CCC)C(=O)NC(C)(C)C. The molecule has 3 heteroatoms. The van der Waals surface area contributed by atoms with Gasteiger partial charge in [0.05, 0.1) is 0 Å². The molecule has 0 radical (unpaired) electrons. The first-order valence-electron chi connectivity index (χ1n) is 5.97. The molecule has 0 heterocycles. The minimum absolute atomic E-state index is 0.0674. The lowest BCUT2D eigenvalue weighted by Crippen LogP contribution is -2.49. The van der Waals surface area contributed by atoms with E-state index < -0.39 is 0 Å². The smallest absolute Gasteiger partial charge is 0.317 e. The summed E-state index contributed by atoms with van der Waals surface area (Å²) in [5.74, 6) is 0. The Kier molecular flexibility index (Phi) is 6.37. The van der Waals surface area contributed by atoms with Crippen molar-refractivity contribution in [2.45, 2.75) is 59.4 Å². The molecule has 15 heavy (non-hydrogen) atoms. The standard InChI is InChI=1S/C12H26N2O/c1-6-8-10-14(9-7-2)11(15)13-12(3,4)5/h6-10H2,1-5H3,(H,13,15). The summed E-state index contributed by atoms with van der Waals surface area (Å²) in [7, 11) is 0. The van der Waals surface area contributed by atoms with E-state index in [1.54, 1.807) is 0 Å². The van der Waals surface area contributed by atoms with Gasteiger partial charge < -0.3 is 10.2 Å². The van der Waals surface area contributed by atoms with Gasteiger partial charge in [0.2, 0.25) is 0 Å². The average Bonchev–Trinajstić information content (AvgIpc) is 2.09. The maximum atomic E-state index is 11.9. The molecule has 0 rings (SSSR count). The molecular weight excluding hydrogens is 188 g/mol. The van der Waals surface area contributed by atoms with Crippen LogP contribution in [0.15, 0.2) is 0 Å². The van der Waals surface area contributed by atoms with E-state index in [9.17, 15) is 4.79 Å². The number of amides is 2. The van der Waals surface area contributed by atoms with Crippen molar-refractivity contribution in [2.75, 3.05) is 13.1 Å². The number of carbonyl (C=O) groups excluding carboxylic acids is 1. The number of hydrogen-bond donors (Lipinski definition) is 1. The fourth-order valence-corrected chi connectivity index (χ4v) is 1.33. The van der Waals surface area contributed by atoms with Gasteiger partial charge in [-0.1, -0.05) is 20.3 Å². The highest BCUT2D eigenvalue weighted by Gasteiger charge is 2.18. The van der Waals surface area contributed by atoms with Gasteiger partial charge in [0.1, 0.15) is 0 Å². The van der Waals surface area contributed by atoms with Crippen LogP contribution in [0.25, 0.3) is 0 Å². The number of unbranched alkanes of at least 4 members (excludes halogenated alkanes) is 1. The van der Waals surface area contributed by atoms with Crippen LogP contribution in [-0.2, 0) is 0 Å². The zero-order valence-electron chi connectivity index (χ0n) is 10.9. The second-order valence-corrected chi connectivity index (χ2v) is 5.02. The molecule has 90 valence electrons. The highest BCUT2D eigenvalue weighted by Crippen LogP contribution is 2.03. The molecule has 0 fully saturated rings. The Bertz CT molecular complexity index is 185. The lowest BCUT2D eigenvalue weighted by atomic mass is 10.1. The van der Waals surface area contributed by atoms with E-state index in [0.29, 0.717) is 0 Å². The number of hydrogen-bond acceptors (Lipinski definition) is 1. The number of rotatable bonds is 5. The van der Waals surface area contributed by atoms with E-state index in [-0.39, 0.29) is 11.6 Å². The van der Waals surface area contributed by atoms with Crippen molar-refractivity contribution in [3.8, 4) is 0 Å². The Morgan fingerprint density at radius 2 is 1.73 bits per heavy atom. The number of nitrogens with one attached hydrogen (secondary N) is 1. The zero-order chi connectivity index (χ0) is 11.9. The Labute approximate surface area is 94.2 Å². The average molecular weight is 214 g/mol. The summed E-state index contributed by atoms with van der Waals surface area (Å²) < 4.78 is 0. The van der Waals surface area contributed by atoms with Crippen LogP contribution in [0, 0.1) is 0 Å². The normalized spacial score (nSPS) is 11.3. The second-order valence-electron chi connectivity index (χ2n) is 5.02. The molecule has 2 amide bonds. The van der Waals surface area contributed by atoms with Crippen molar-refractivity contribution in [1.29, 1.82) is 0 Å². The molecule has 0 aromatic rings. The monoisotopic (exact) mass is 214 g/mol. The molecule has 0 aliphatic carbocycles. The third-order valence-electron chi connectivity index (χ3n) is 2.04. The van der Waals surface area contributed by atoms with Gasteiger partial charge >= 0.3 is 6.03 Å². The van der Waals surface area contributed by atoms with Crippen LogP contribution in [0.1, 0.15) is 53.9 Å². The summed E-state index contributed by atoms with van der Waals surface area (Å²) >= 11 is 0. The van der Waals surface area contributed by atoms with E-state index in [4.69, 9.17) is 0 Å². The molecule has 3 nitrogen and oxygen atoms in total. The van der Waals surface area contributed by atoms with Gasteiger partial charge in [0, 0.05) is 18.6 Å². The molecule has 0 bridgehead atoms. The van der Waals surface area contributed by atoms with E-state index in [2.05, 4.69) is 19.2 Å². The van der Waals surface area contributed by atoms with E-state index in [1.807, 2.05) is 25.7 Å². The molecule has 0 saturated heterocycles. The molecule has 0 aliphatic rings. The molecule has 0 saturated carbocycles. The van der Waals surface area contributed by atoms with Gasteiger partial charge in [-0.25, -0.2) is 4.79 Å². The van der Waals surface area contributed by atoms with Gasteiger partial charge in [-0.15, -0.1) is 0 Å². The highest BCUT2D eigenvalue weighted by molar-refractivity contribution is 5.74. The molecular formula is C12H26N2O. The van der Waals surface area contributed by atoms with Crippen molar-refractivity contribution in [3.63, 3.8) is 0 Å².